The number of thioether (sulfide) groups is 1. The zero-order valence-electron chi connectivity index (χ0n) is 14.5. The van der Waals surface area contributed by atoms with Gasteiger partial charge in [0, 0.05) is 22.9 Å². The number of methoxy groups -OCH3 is 1. The van der Waals surface area contributed by atoms with Crippen LogP contribution in [0.25, 0.3) is 0 Å². The Balaban J connectivity index is 1.52. The van der Waals surface area contributed by atoms with Crippen molar-refractivity contribution >= 4 is 29.3 Å². The first kappa shape index (κ1) is 19.7. The Hall–Kier alpha value is -1.65. The minimum atomic E-state index is 0.131. The van der Waals surface area contributed by atoms with E-state index in [1.807, 2.05) is 36.4 Å². The summed E-state index contributed by atoms with van der Waals surface area (Å²) >= 11 is 7.61. The van der Waals surface area contributed by atoms with Gasteiger partial charge in [-0.25, -0.2) is 0 Å². The number of nitrogens with one attached hydrogen (secondary N) is 1. The van der Waals surface area contributed by atoms with Gasteiger partial charge in [0.25, 0.3) is 0 Å². The predicted octanol–water partition coefficient (Wildman–Crippen LogP) is 4.97. The van der Waals surface area contributed by atoms with E-state index in [1.54, 1.807) is 18.9 Å². The fourth-order valence-electron chi connectivity index (χ4n) is 2.35. The highest BCUT2D eigenvalue weighted by Crippen LogP contribution is 2.21. The van der Waals surface area contributed by atoms with Gasteiger partial charge in [-0.2, -0.15) is 0 Å². The minimum absolute atomic E-state index is 0.131. The van der Waals surface area contributed by atoms with Crippen LogP contribution in [0.15, 0.2) is 53.4 Å². The number of ether oxygens (including phenoxy) is 1. The Bertz CT molecular complexity index is 644. The highest BCUT2D eigenvalue weighted by Gasteiger charge is 2.02. The second-order valence-electron chi connectivity index (χ2n) is 5.71. The molecular weight excluding hydrogens is 354 g/mol. The summed E-state index contributed by atoms with van der Waals surface area (Å²) in [4.78, 5) is 13.0. The fraction of sp³-hybridized carbons (Fsp3) is 0.350. The number of hydrogen-bond donors (Lipinski definition) is 1. The van der Waals surface area contributed by atoms with Crippen molar-refractivity contribution in [2.24, 2.45) is 0 Å². The zero-order valence-corrected chi connectivity index (χ0v) is 16.0. The number of carbonyl (C=O) groups excluding carboxylic acids is 1. The maximum Gasteiger partial charge on any atom is 0.220 e. The van der Waals surface area contributed by atoms with Crippen molar-refractivity contribution in [1.29, 1.82) is 0 Å². The topological polar surface area (TPSA) is 38.3 Å². The van der Waals surface area contributed by atoms with Crippen LogP contribution in [0.1, 0.15) is 24.8 Å². The van der Waals surface area contributed by atoms with Crippen LogP contribution in [0.2, 0.25) is 5.02 Å². The number of halogens is 1. The molecule has 0 aliphatic rings. The summed E-state index contributed by atoms with van der Waals surface area (Å²) in [5.41, 5.74) is 1.26. The van der Waals surface area contributed by atoms with Crippen molar-refractivity contribution in [2.75, 3.05) is 19.4 Å². The average molecular weight is 378 g/mol. The molecule has 5 heteroatoms. The number of carbonyl (C=O) groups is 1. The first-order valence-corrected chi connectivity index (χ1v) is 9.82. The molecule has 0 heterocycles. The second kappa shape index (κ2) is 11.1. The third-order valence-electron chi connectivity index (χ3n) is 3.75. The molecule has 0 aliphatic carbocycles. The standard InChI is InChI=1S/C20H24ClNO2S/c1-24-18-10-6-16(7-11-18)4-2-14-22-20(23)5-3-15-25-19-12-8-17(21)9-13-19/h6-13H,2-5,14-15H2,1H3,(H,22,23). The van der Waals surface area contributed by atoms with Crippen molar-refractivity contribution in [1.82, 2.24) is 5.32 Å². The third kappa shape index (κ3) is 7.84. The Morgan fingerprint density at radius 3 is 2.48 bits per heavy atom. The van der Waals surface area contributed by atoms with Gasteiger partial charge in [-0.3, -0.25) is 4.79 Å². The molecule has 0 aliphatic heterocycles. The van der Waals surface area contributed by atoms with Crippen LogP contribution in [-0.4, -0.2) is 25.3 Å². The maximum atomic E-state index is 11.8. The Morgan fingerprint density at radius 2 is 1.80 bits per heavy atom. The van der Waals surface area contributed by atoms with Gasteiger partial charge in [0.15, 0.2) is 0 Å². The lowest BCUT2D eigenvalue weighted by Crippen LogP contribution is -2.24. The number of benzene rings is 2. The first-order valence-electron chi connectivity index (χ1n) is 8.45. The van der Waals surface area contributed by atoms with Gasteiger partial charge in [-0.15, -0.1) is 11.8 Å². The molecule has 0 bridgehead atoms. The highest BCUT2D eigenvalue weighted by molar-refractivity contribution is 7.99. The molecule has 0 saturated carbocycles. The molecule has 1 N–H and O–H groups in total. The summed E-state index contributed by atoms with van der Waals surface area (Å²) < 4.78 is 5.14. The molecule has 0 spiro atoms. The monoisotopic (exact) mass is 377 g/mol. The molecule has 0 unspecified atom stereocenters. The summed E-state index contributed by atoms with van der Waals surface area (Å²) in [6, 6.07) is 15.8. The number of rotatable bonds is 10. The molecule has 0 saturated heterocycles. The summed E-state index contributed by atoms with van der Waals surface area (Å²) in [5, 5.41) is 3.74. The van der Waals surface area contributed by atoms with Crippen molar-refractivity contribution in [2.45, 2.75) is 30.6 Å². The van der Waals surface area contributed by atoms with E-state index in [0.717, 1.165) is 42.3 Å². The van der Waals surface area contributed by atoms with Gasteiger partial charge in [0.1, 0.15) is 5.75 Å². The SMILES string of the molecule is COc1ccc(CCCNC(=O)CCCSc2ccc(Cl)cc2)cc1. The largest absolute Gasteiger partial charge is 0.497 e. The lowest BCUT2D eigenvalue weighted by molar-refractivity contribution is -0.121. The second-order valence-corrected chi connectivity index (χ2v) is 7.31. The zero-order chi connectivity index (χ0) is 17.9. The normalized spacial score (nSPS) is 10.5. The summed E-state index contributed by atoms with van der Waals surface area (Å²) in [6.07, 6.45) is 3.34. The summed E-state index contributed by atoms with van der Waals surface area (Å²) in [5.74, 6) is 1.93. The maximum absolute atomic E-state index is 11.8. The van der Waals surface area contributed by atoms with E-state index in [2.05, 4.69) is 17.4 Å². The van der Waals surface area contributed by atoms with Gasteiger partial charge in [0.05, 0.1) is 7.11 Å². The lowest BCUT2D eigenvalue weighted by Gasteiger charge is -2.06. The van der Waals surface area contributed by atoms with Gasteiger partial charge < -0.3 is 10.1 Å². The van der Waals surface area contributed by atoms with E-state index in [9.17, 15) is 4.79 Å². The van der Waals surface area contributed by atoms with Crippen LogP contribution in [-0.2, 0) is 11.2 Å². The fourth-order valence-corrected chi connectivity index (χ4v) is 3.33. The molecule has 1 amide bonds. The molecule has 3 nitrogen and oxygen atoms in total. The highest BCUT2D eigenvalue weighted by atomic mass is 35.5. The van der Waals surface area contributed by atoms with Crippen molar-refractivity contribution in [3.05, 3.63) is 59.1 Å². The number of amides is 1. The molecule has 0 radical (unpaired) electrons. The third-order valence-corrected chi connectivity index (χ3v) is 5.10. The Morgan fingerprint density at radius 1 is 1.08 bits per heavy atom. The first-order chi connectivity index (χ1) is 12.2. The average Bonchev–Trinajstić information content (AvgIpc) is 2.64. The van der Waals surface area contributed by atoms with Gasteiger partial charge in [-0.1, -0.05) is 23.7 Å². The molecule has 2 rings (SSSR count). The van der Waals surface area contributed by atoms with E-state index in [-0.39, 0.29) is 5.91 Å². The van der Waals surface area contributed by atoms with E-state index < -0.39 is 0 Å². The smallest absolute Gasteiger partial charge is 0.220 e. The lowest BCUT2D eigenvalue weighted by atomic mass is 10.1. The molecule has 25 heavy (non-hydrogen) atoms. The van der Waals surface area contributed by atoms with Gasteiger partial charge >= 0.3 is 0 Å². The van der Waals surface area contributed by atoms with Crippen molar-refractivity contribution in [3.63, 3.8) is 0 Å². The minimum Gasteiger partial charge on any atom is -0.497 e. The van der Waals surface area contributed by atoms with Crippen LogP contribution in [0, 0.1) is 0 Å². The summed E-state index contributed by atoms with van der Waals surface area (Å²) in [6.45, 7) is 0.717. The number of aryl methyl sites for hydroxylation is 1. The molecule has 0 atom stereocenters. The van der Waals surface area contributed by atoms with E-state index in [1.165, 1.54) is 10.5 Å². The summed E-state index contributed by atoms with van der Waals surface area (Å²) in [7, 11) is 1.67. The van der Waals surface area contributed by atoms with E-state index in [4.69, 9.17) is 16.3 Å². The van der Waals surface area contributed by atoms with Gasteiger partial charge in [-0.05, 0) is 67.0 Å². The van der Waals surface area contributed by atoms with Crippen LogP contribution in [0.5, 0.6) is 5.75 Å². The van der Waals surface area contributed by atoms with Crippen LogP contribution in [0.3, 0.4) is 0 Å². The van der Waals surface area contributed by atoms with Crippen LogP contribution >= 0.6 is 23.4 Å². The van der Waals surface area contributed by atoms with Gasteiger partial charge in [0.2, 0.25) is 5.91 Å². The molecule has 0 fully saturated rings. The molecular formula is C20H24ClNO2S. The molecule has 2 aromatic rings. The van der Waals surface area contributed by atoms with E-state index >= 15 is 0 Å². The van der Waals surface area contributed by atoms with E-state index in [0.29, 0.717) is 6.42 Å². The van der Waals surface area contributed by atoms with Crippen LogP contribution < -0.4 is 10.1 Å². The molecule has 134 valence electrons. The quantitative estimate of drug-likeness (QED) is 0.469. The molecule has 0 aromatic heterocycles. The van der Waals surface area contributed by atoms with Crippen LogP contribution in [0.4, 0.5) is 0 Å². The Kier molecular flexibility index (Phi) is 8.70. The number of hydrogen-bond acceptors (Lipinski definition) is 3. The molecule has 2 aromatic carbocycles. The van der Waals surface area contributed by atoms with Crippen molar-refractivity contribution in [3.8, 4) is 5.75 Å². The van der Waals surface area contributed by atoms with Crippen molar-refractivity contribution < 1.29 is 9.53 Å². The Labute approximate surface area is 159 Å². The predicted molar refractivity (Wildman–Crippen MR) is 106 cm³/mol.